The van der Waals surface area contributed by atoms with Crippen LogP contribution in [0, 0.1) is 0 Å². The first kappa shape index (κ1) is 20.9. The van der Waals surface area contributed by atoms with Crippen LogP contribution < -0.4 is 0 Å². The van der Waals surface area contributed by atoms with Crippen LogP contribution in [0.2, 0.25) is 0 Å². The molecular weight excluding hydrogens is 260 g/mol. The molecule has 2 N–H and O–H groups in total. The van der Waals surface area contributed by atoms with Crippen molar-refractivity contribution in [3.8, 4) is 0 Å². The van der Waals surface area contributed by atoms with Gasteiger partial charge in [0.1, 0.15) is 0 Å². The second-order valence-corrected chi connectivity index (χ2v) is 6.64. The predicted octanol–water partition coefficient (Wildman–Crippen LogP) is 5.60. The fourth-order valence-corrected chi connectivity index (χ4v) is 2.84. The van der Waals surface area contributed by atoms with E-state index in [1.807, 2.05) is 0 Å². The van der Waals surface area contributed by atoms with Gasteiger partial charge in [-0.05, 0) is 32.1 Å². The smallest absolute Gasteiger partial charge is 0.0540 e. The molecule has 2 nitrogen and oxygen atoms in total. The van der Waals surface area contributed by atoms with Gasteiger partial charge in [-0.3, -0.25) is 0 Å². The first-order chi connectivity index (χ1) is 10.2. The highest BCUT2D eigenvalue weighted by Crippen LogP contribution is 2.15. The molecular formula is C19H40O2. The third-order valence-corrected chi connectivity index (χ3v) is 4.36. The molecule has 0 rings (SSSR count). The van der Waals surface area contributed by atoms with E-state index in [9.17, 15) is 10.2 Å². The molecule has 0 saturated heterocycles. The largest absolute Gasteiger partial charge is 0.393 e. The van der Waals surface area contributed by atoms with Gasteiger partial charge in [0.05, 0.1) is 12.2 Å². The van der Waals surface area contributed by atoms with E-state index in [-0.39, 0.29) is 12.2 Å². The minimum Gasteiger partial charge on any atom is -0.393 e. The molecule has 0 heterocycles. The Hall–Kier alpha value is -0.0800. The number of hydrogen-bond donors (Lipinski definition) is 2. The molecule has 0 aliphatic heterocycles. The van der Waals surface area contributed by atoms with Crippen molar-refractivity contribution in [3.05, 3.63) is 0 Å². The molecule has 0 bridgehead atoms. The Balaban J connectivity index is 3.29. The number of unbranched alkanes of at least 4 members (excludes halogenated alkanes) is 8. The van der Waals surface area contributed by atoms with Crippen molar-refractivity contribution in [2.24, 2.45) is 0 Å². The minimum atomic E-state index is -0.150. The average Bonchev–Trinajstić information content (AvgIpc) is 2.47. The van der Waals surface area contributed by atoms with Gasteiger partial charge in [-0.2, -0.15) is 0 Å². The topological polar surface area (TPSA) is 40.5 Å². The van der Waals surface area contributed by atoms with Crippen LogP contribution in [0.15, 0.2) is 0 Å². The zero-order chi connectivity index (χ0) is 15.8. The Morgan fingerprint density at radius 2 is 0.810 bits per heavy atom. The number of rotatable bonds is 16. The fourth-order valence-electron chi connectivity index (χ4n) is 2.84. The summed E-state index contributed by atoms with van der Waals surface area (Å²) in [7, 11) is 0. The molecule has 2 heteroatoms. The third kappa shape index (κ3) is 16.1. The summed E-state index contributed by atoms with van der Waals surface area (Å²) in [6.07, 6.45) is 16.9. The van der Waals surface area contributed by atoms with Gasteiger partial charge in [-0.1, -0.05) is 78.1 Å². The molecule has 128 valence electrons. The maximum atomic E-state index is 9.93. The predicted molar refractivity (Wildman–Crippen MR) is 92.6 cm³/mol. The van der Waals surface area contributed by atoms with Gasteiger partial charge in [0, 0.05) is 0 Å². The number of aliphatic hydroxyl groups is 2. The van der Waals surface area contributed by atoms with Gasteiger partial charge in [0.2, 0.25) is 0 Å². The van der Waals surface area contributed by atoms with Gasteiger partial charge in [-0.25, -0.2) is 0 Å². The van der Waals surface area contributed by atoms with E-state index >= 15 is 0 Å². The molecule has 0 aliphatic carbocycles. The van der Waals surface area contributed by atoms with E-state index in [2.05, 4.69) is 13.8 Å². The van der Waals surface area contributed by atoms with Gasteiger partial charge < -0.3 is 10.2 Å². The molecule has 0 saturated carbocycles. The highest BCUT2D eigenvalue weighted by molar-refractivity contribution is 4.61. The molecule has 2 atom stereocenters. The minimum absolute atomic E-state index is 0.150. The third-order valence-electron chi connectivity index (χ3n) is 4.36. The summed E-state index contributed by atoms with van der Waals surface area (Å²) in [5.74, 6) is 0. The lowest BCUT2D eigenvalue weighted by Gasteiger charge is -2.13. The van der Waals surface area contributed by atoms with Crippen LogP contribution in [0.4, 0.5) is 0 Å². The van der Waals surface area contributed by atoms with Crippen molar-refractivity contribution in [3.63, 3.8) is 0 Å². The van der Waals surface area contributed by atoms with Crippen LogP contribution in [-0.4, -0.2) is 22.4 Å². The summed E-state index contributed by atoms with van der Waals surface area (Å²) in [4.78, 5) is 0. The second kappa shape index (κ2) is 16.3. The fraction of sp³-hybridized carbons (Fsp3) is 1.00. The first-order valence-corrected chi connectivity index (χ1v) is 9.56. The van der Waals surface area contributed by atoms with E-state index in [1.165, 1.54) is 51.4 Å². The van der Waals surface area contributed by atoms with E-state index < -0.39 is 0 Å². The van der Waals surface area contributed by atoms with Crippen molar-refractivity contribution in [2.45, 2.75) is 122 Å². The number of aliphatic hydroxyl groups excluding tert-OH is 2. The Morgan fingerprint density at radius 3 is 1.29 bits per heavy atom. The Kier molecular flexibility index (Phi) is 16.2. The lowest BCUT2D eigenvalue weighted by atomic mass is 10.0. The quantitative estimate of drug-likeness (QED) is 0.364. The molecule has 0 spiro atoms. The number of hydrogen-bond acceptors (Lipinski definition) is 2. The average molecular weight is 301 g/mol. The SMILES string of the molecule is CCCCCCCCC(O)CCCC(O)CCCCCC. The van der Waals surface area contributed by atoms with Crippen LogP contribution in [0.5, 0.6) is 0 Å². The van der Waals surface area contributed by atoms with Crippen LogP contribution in [-0.2, 0) is 0 Å². The van der Waals surface area contributed by atoms with Gasteiger partial charge >= 0.3 is 0 Å². The maximum Gasteiger partial charge on any atom is 0.0540 e. The van der Waals surface area contributed by atoms with Crippen molar-refractivity contribution in [1.29, 1.82) is 0 Å². The second-order valence-electron chi connectivity index (χ2n) is 6.64. The molecule has 0 amide bonds. The van der Waals surface area contributed by atoms with Crippen molar-refractivity contribution in [2.75, 3.05) is 0 Å². The molecule has 0 radical (unpaired) electrons. The highest BCUT2D eigenvalue weighted by Gasteiger charge is 2.07. The summed E-state index contributed by atoms with van der Waals surface area (Å²) >= 11 is 0. The first-order valence-electron chi connectivity index (χ1n) is 9.56. The summed E-state index contributed by atoms with van der Waals surface area (Å²) < 4.78 is 0. The molecule has 0 aromatic heterocycles. The van der Waals surface area contributed by atoms with Gasteiger partial charge in [0.15, 0.2) is 0 Å². The standard InChI is InChI=1S/C19H40O2/c1-3-5-7-9-10-12-15-19(21)17-13-16-18(20)14-11-8-6-4-2/h18-21H,3-17H2,1-2H3. The summed E-state index contributed by atoms with van der Waals surface area (Å²) in [5, 5.41) is 19.8. The summed E-state index contributed by atoms with van der Waals surface area (Å²) in [6.45, 7) is 4.45. The van der Waals surface area contributed by atoms with E-state index in [4.69, 9.17) is 0 Å². The van der Waals surface area contributed by atoms with Crippen molar-refractivity contribution < 1.29 is 10.2 Å². The molecule has 21 heavy (non-hydrogen) atoms. The normalized spacial score (nSPS) is 14.3. The van der Waals surface area contributed by atoms with Crippen LogP contribution in [0.3, 0.4) is 0 Å². The Labute approximate surface area is 133 Å². The Bertz CT molecular complexity index is 194. The molecule has 0 fully saturated rings. The molecule has 0 aromatic carbocycles. The van der Waals surface area contributed by atoms with Crippen molar-refractivity contribution in [1.82, 2.24) is 0 Å². The zero-order valence-corrected chi connectivity index (χ0v) is 14.7. The van der Waals surface area contributed by atoms with Crippen LogP contribution >= 0.6 is 0 Å². The highest BCUT2D eigenvalue weighted by atomic mass is 16.3. The zero-order valence-electron chi connectivity index (χ0n) is 14.7. The van der Waals surface area contributed by atoms with Gasteiger partial charge in [-0.15, -0.1) is 0 Å². The van der Waals surface area contributed by atoms with E-state index in [1.54, 1.807) is 0 Å². The summed E-state index contributed by atoms with van der Waals surface area (Å²) in [5.41, 5.74) is 0. The lowest BCUT2D eigenvalue weighted by Crippen LogP contribution is -2.10. The van der Waals surface area contributed by atoms with E-state index in [0.29, 0.717) is 0 Å². The molecule has 2 unspecified atom stereocenters. The monoisotopic (exact) mass is 300 g/mol. The van der Waals surface area contributed by atoms with Crippen LogP contribution in [0.1, 0.15) is 110 Å². The van der Waals surface area contributed by atoms with Crippen molar-refractivity contribution >= 4 is 0 Å². The van der Waals surface area contributed by atoms with Crippen LogP contribution in [0.25, 0.3) is 0 Å². The van der Waals surface area contributed by atoms with Gasteiger partial charge in [0.25, 0.3) is 0 Å². The molecule has 0 aromatic rings. The lowest BCUT2D eigenvalue weighted by molar-refractivity contribution is 0.121. The maximum absolute atomic E-state index is 9.93. The molecule has 0 aliphatic rings. The van der Waals surface area contributed by atoms with E-state index in [0.717, 1.165) is 44.9 Å². The summed E-state index contributed by atoms with van der Waals surface area (Å²) in [6, 6.07) is 0. The Morgan fingerprint density at radius 1 is 0.476 bits per heavy atom.